The van der Waals surface area contributed by atoms with Gasteiger partial charge < -0.3 is 19.7 Å². The summed E-state index contributed by atoms with van der Waals surface area (Å²) < 4.78 is 10.9. The maximum absolute atomic E-state index is 13.1. The molecule has 4 rings (SSSR count). The molecule has 30 heavy (non-hydrogen) atoms. The fraction of sp³-hybridized carbons (Fsp3) is 0.417. The second-order valence-corrected chi connectivity index (χ2v) is 8.09. The number of likely N-dealkylation sites (tertiary alicyclic amines) is 1. The van der Waals surface area contributed by atoms with Crippen LogP contribution < -0.4 is 14.8 Å². The molecule has 6 heteroatoms. The van der Waals surface area contributed by atoms with Gasteiger partial charge in [0.1, 0.15) is 11.5 Å². The zero-order valence-corrected chi connectivity index (χ0v) is 17.5. The van der Waals surface area contributed by atoms with E-state index in [4.69, 9.17) is 9.47 Å². The number of nitrogens with one attached hydrogen (secondary N) is 1. The lowest BCUT2D eigenvalue weighted by Crippen LogP contribution is -2.36. The molecule has 2 aliphatic rings. The molecule has 0 unspecified atom stereocenters. The van der Waals surface area contributed by atoms with Crippen LogP contribution in [-0.2, 0) is 4.79 Å². The predicted molar refractivity (Wildman–Crippen MR) is 114 cm³/mol. The first kappa shape index (κ1) is 20.3. The van der Waals surface area contributed by atoms with E-state index >= 15 is 0 Å². The molecule has 2 atom stereocenters. The summed E-state index contributed by atoms with van der Waals surface area (Å²) in [7, 11) is 3.22. The van der Waals surface area contributed by atoms with Crippen LogP contribution in [0.3, 0.4) is 0 Å². The van der Waals surface area contributed by atoms with Crippen molar-refractivity contribution in [3.8, 4) is 11.5 Å². The highest BCUT2D eigenvalue weighted by atomic mass is 16.5. The SMILES string of the molecule is COc1ccc([C@@H]2CN(C(=O)c3ccccc3)C[C@@H]2C(=O)NCC2CC2)c(OC)c1. The summed E-state index contributed by atoms with van der Waals surface area (Å²) in [6.45, 7) is 1.58. The summed E-state index contributed by atoms with van der Waals surface area (Å²) in [6.07, 6.45) is 2.36. The molecule has 1 saturated carbocycles. The maximum Gasteiger partial charge on any atom is 0.253 e. The van der Waals surface area contributed by atoms with Crippen molar-refractivity contribution in [2.24, 2.45) is 11.8 Å². The average molecular weight is 408 g/mol. The molecule has 1 aliphatic carbocycles. The second-order valence-electron chi connectivity index (χ2n) is 8.09. The minimum atomic E-state index is -0.321. The highest BCUT2D eigenvalue weighted by Gasteiger charge is 2.42. The van der Waals surface area contributed by atoms with Crippen molar-refractivity contribution in [1.82, 2.24) is 10.2 Å². The number of methoxy groups -OCH3 is 2. The van der Waals surface area contributed by atoms with Gasteiger partial charge in [0.25, 0.3) is 5.91 Å². The van der Waals surface area contributed by atoms with Crippen LogP contribution in [0.2, 0.25) is 0 Å². The molecule has 1 N–H and O–H groups in total. The Morgan fingerprint density at radius 1 is 1.03 bits per heavy atom. The Labute approximate surface area is 177 Å². The number of carbonyl (C=O) groups excluding carboxylic acids is 2. The Morgan fingerprint density at radius 3 is 2.47 bits per heavy atom. The van der Waals surface area contributed by atoms with Crippen molar-refractivity contribution < 1.29 is 19.1 Å². The van der Waals surface area contributed by atoms with E-state index < -0.39 is 0 Å². The van der Waals surface area contributed by atoms with Crippen LogP contribution >= 0.6 is 0 Å². The maximum atomic E-state index is 13.1. The van der Waals surface area contributed by atoms with Crippen molar-refractivity contribution in [2.45, 2.75) is 18.8 Å². The fourth-order valence-electron chi connectivity index (χ4n) is 4.14. The summed E-state index contributed by atoms with van der Waals surface area (Å²) in [6, 6.07) is 14.9. The van der Waals surface area contributed by atoms with Gasteiger partial charge in [-0.05, 0) is 37.0 Å². The number of amides is 2. The van der Waals surface area contributed by atoms with E-state index in [1.165, 1.54) is 12.8 Å². The molecule has 1 aliphatic heterocycles. The summed E-state index contributed by atoms with van der Waals surface area (Å²) in [5, 5.41) is 3.10. The third-order valence-electron chi connectivity index (χ3n) is 6.07. The van der Waals surface area contributed by atoms with Crippen LogP contribution in [0.15, 0.2) is 48.5 Å². The Bertz CT molecular complexity index is 911. The van der Waals surface area contributed by atoms with Crippen molar-refractivity contribution in [2.75, 3.05) is 33.9 Å². The first-order chi connectivity index (χ1) is 14.6. The third kappa shape index (κ3) is 4.27. The van der Waals surface area contributed by atoms with E-state index in [0.717, 1.165) is 5.56 Å². The Balaban J connectivity index is 1.61. The van der Waals surface area contributed by atoms with Crippen molar-refractivity contribution in [1.29, 1.82) is 0 Å². The van der Waals surface area contributed by atoms with Crippen LogP contribution in [0.4, 0.5) is 0 Å². The van der Waals surface area contributed by atoms with Crippen LogP contribution in [0, 0.1) is 11.8 Å². The number of hydrogen-bond donors (Lipinski definition) is 1. The standard InChI is InChI=1S/C24H28N2O4/c1-29-18-10-11-19(22(12-18)30-2)20-14-26(24(28)17-6-4-3-5-7-17)15-21(20)23(27)25-13-16-8-9-16/h3-7,10-12,16,20-21H,8-9,13-15H2,1-2H3,(H,25,27)/t20-,21-/m0/s1. The van der Waals surface area contributed by atoms with Crippen LogP contribution in [0.1, 0.15) is 34.7 Å². The van der Waals surface area contributed by atoms with Crippen molar-refractivity contribution >= 4 is 11.8 Å². The van der Waals surface area contributed by atoms with E-state index in [-0.39, 0.29) is 23.7 Å². The topological polar surface area (TPSA) is 67.9 Å². The quantitative estimate of drug-likeness (QED) is 0.765. The Kier molecular flexibility index (Phi) is 5.93. The zero-order valence-electron chi connectivity index (χ0n) is 17.5. The number of benzene rings is 2. The molecule has 0 spiro atoms. The number of hydrogen-bond acceptors (Lipinski definition) is 4. The largest absolute Gasteiger partial charge is 0.497 e. The molecule has 0 radical (unpaired) electrons. The van der Waals surface area contributed by atoms with Crippen LogP contribution in [0.25, 0.3) is 0 Å². The molecular weight excluding hydrogens is 380 g/mol. The predicted octanol–water partition coefficient (Wildman–Crippen LogP) is 3.09. The normalized spacial score (nSPS) is 20.7. The second kappa shape index (κ2) is 8.78. The Hall–Kier alpha value is -3.02. The number of rotatable bonds is 7. The van der Waals surface area contributed by atoms with E-state index in [9.17, 15) is 9.59 Å². The van der Waals surface area contributed by atoms with Gasteiger partial charge in [-0.1, -0.05) is 24.3 Å². The molecule has 158 valence electrons. The first-order valence-corrected chi connectivity index (χ1v) is 10.4. The molecule has 6 nitrogen and oxygen atoms in total. The zero-order chi connectivity index (χ0) is 21.1. The summed E-state index contributed by atoms with van der Waals surface area (Å²) >= 11 is 0. The fourth-order valence-corrected chi connectivity index (χ4v) is 4.14. The summed E-state index contributed by atoms with van der Waals surface area (Å²) in [5.41, 5.74) is 1.56. The van der Waals surface area contributed by atoms with E-state index in [2.05, 4.69) is 5.32 Å². The lowest BCUT2D eigenvalue weighted by atomic mass is 9.87. The molecule has 0 bridgehead atoms. The number of nitrogens with zero attached hydrogens (tertiary/aromatic N) is 1. The molecular formula is C24H28N2O4. The van der Waals surface area contributed by atoms with Gasteiger partial charge in [0.05, 0.1) is 20.1 Å². The van der Waals surface area contributed by atoms with Gasteiger partial charge in [-0.15, -0.1) is 0 Å². The van der Waals surface area contributed by atoms with E-state index in [1.54, 1.807) is 19.1 Å². The lowest BCUT2D eigenvalue weighted by molar-refractivity contribution is -0.125. The van der Waals surface area contributed by atoms with Crippen LogP contribution in [-0.4, -0.2) is 50.6 Å². The van der Waals surface area contributed by atoms with E-state index in [0.29, 0.717) is 42.6 Å². The summed E-state index contributed by atoms with van der Waals surface area (Å²) in [5.74, 6) is 1.47. The molecule has 1 saturated heterocycles. The van der Waals surface area contributed by atoms with Crippen molar-refractivity contribution in [3.63, 3.8) is 0 Å². The van der Waals surface area contributed by atoms with Gasteiger partial charge in [0.15, 0.2) is 0 Å². The van der Waals surface area contributed by atoms with Crippen LogP contribution in [0.5, 0.6) is 11.5 Å². The van der Waals surface area contributed by atoms with Gasteiger partial charge in [-0.3, -0.25) is 9.59 Å². The number of ether oxygens (including phenoxy) is 2. The molecule has 0 aromatic heterocycles. The molecule has 2 aromatic rings. The number of carbonyl (C=O) groups is 2. The third-order valence-corrected chi connectivity index (χ3v) is 6.07. The minimum Gasteiger partial charge on any atom is -0.497 e. The van der Waals surface area contributed by atoms with Gasteiger partial charge in [0, 0.05) is 42.7 Å². The van der Waals surface area contributed by atoms with Crippen molar-refractivity contribution in [3.05, 3.63) is 59.7 Å². The van der Waals surface area contributed by atoms with Gasteiger partial charge in [-0.25, -0.2) is 0 Å². The highest BCUT2D eigenvalue weighted by molar-refractivity contribution is 5.95. The first-order valence-electron chi connectivity index (χ1n) is 10.4. The molecule has 2 aromatic carbocycles. The van der Waals surface area contributed by atoms with Gasteiger partial charge in [0.2, 0.25) is 5.91 Å². The molecule has 2 fully saturated rings. The lowest BCUT2D eigenvalue weighted by Gasteiger charge is -2.21. The van der Waals surface area contributed by atoms with Gasteiger partial charge in [-0.2, -0.15) is 0 Å². The molecule has 2 amide bonds. The minimum absolute atomic E-state index is 0.00753. The molecule has 1 heterocycles. The van der Waals surface area contributed by atoms with Gasteiger partial charge >= 0.3 is 0 Å². The Morgan fingerprint density at radius 2 is 1.80 bits per heavy atom. The summed E-state index contributed by atoms with van der Waals surface area (Å²) in [4.78, 5) is 27.9. The average Bonchev–Trinajstić information content (AvgIpc) is 3.53. The monoisotopic (exact) mass is 408 g/mol. The van der Waals surface area contributed by atoms with E-state index in [1.807, 2.05) is 48.5 Å². The smallest absolute Gasteiger partial charge is 0.253 e. The highest BCUT2D eigenvalue weighted by Crippen LogP contribution is 2.40.